The van der Waals surface area contributed by atoms with Crippen molar-refractivity contribution in [2.45, 2.75) is 44.6 Å². The normalized spacial score (nSPS) is 21.9. The second-order valence-corrected chi connectivity index (χ2v) is 6.23. The Bertz CT molecular complexity index is 483. The van der Waals surface area contributed by atoms with Gasteiger partial charge < -0.3 is 10.2 Å². The second-order valence-electron chi connectivity index (χ2n) is 6.23. The number of hydrogen-bond donors (Lipinski definition) is 1. The number of aryl methyl sites for hydroxylation is 1. The molecule has 108 valence electrons. The summed E-state index contributed by atoms with van der Waals surface area (Å²) in [6.07, 6.45) is 6.11. The van der Waals surface area contributed by atoms with Gasteiger partial charge in [-0.3, -0.25) is 4.79 Å². The van der Waals surface area contributed by atoms with Crippen LogP contribution in [0, 0.1) is 6.92 Å². The predicted molar refractivity (Wildman–Crippen MR) is 80.9 cm³/mol. The summed E-state index contributed by atoms with van der Waals surface area (Å²) in [4.78, 5) is 15.2. The van der Waals surface area contributed by atoms with Gasteiger partial charge in [-0.25, -0.2) is 0 Å². The largest absolute Gasteiger partial charge is 0.330 e. The number of rotatable bonds is 1. The topological polar surface area (TPSA) is 32.3 Å². The molecule has 0 bridgehead atoms. The molecule has 3 heteroatoms. The van der Waals surface area contributed by atoms with Crippen LogP contribution >= 0.6 is 0 Å². The van der Waals surface area contributed by atoms with Crippen molar-refractivity contribution >= 4 is 5.91 Å². The Kier molecular flexibility index (Phi) is 3.79. The average Bonchev–Trinajstić information content (AvgIpc) is 2.48. The van der Waals surface area contributed by atoms with Crippen LogP contribution in [0.2, 0.25) is 0 Å². The highest BCUT2D eigenvalue weighted by atomic mass is 16.2. The Labute approximate surface area is 121 Å². The SMILES string of the molecule is Cc1ccccc1C(=O)N1CCNCC12CCCCC2. The molecule has 1 spiro atoms. The van der Waals surface area contributed by atoms with Gasteiger partial charge in [0.15, 0.2) is 0 Å². The average molecular weight is 272 g/mol. The van der Waals surface area contributed by atoms with Crippen molar-refractivity contribution in [1.29, 1.82) is 0 Å². The molecule has 0 radical (unpaired) electrons. The number of nitrogens with zero attached hydrogens (tertiary/aromatic N) is 1. The Balaban J connectivity index is 1.90. The molecule has 0 unspecified atom stereocenters. The van der Waals surface area contributed by atoms with Crippen molar-refractivity contribution in [1.82, 2.24) is 10.2 Å². The number of nitrogens with one attached hydrogen (secondary N) is 1. The third-order valence-electron chi connectivity index (χ3n) is 4.94. The molecule has 1 aliphatic carbocycles. The third kappa shape index (κ3) is 2.35. The maximum atomic E-state index is 13.0. The first kappa shape index (κ1) is 13.6. The van der Waals surface area contributed by atoms with E-state index >= 15 is 0 Å². The number of benzene rings is 1. The lowest BCUT2D eigenvalue weighted by atomic mass is 9.78. The molecule has 1 aromatic carbocycles. The van der Waals surface area contributed by atoms with Crippen molar-refractivity contribution in [2.75, 3.05) is 19.6 Å². The summed E-state index contributed by atoms with van der Waals surface area (Å²) in [5.41, 5.74) is 2.02. The molecular weight excluding hydrogens is 248 g/mol. The molecule has 1 aromatic rings. The summed E-state index contributed by atoms with van der Waals surface area (Å²) < 4.78 is 0. The lowest BCUT2D eigenvalue weighted by Crippen LogP contribution is -2.63. The van der Waals surface area contributed by atoms with Crippen LogP contribution < -0.4 is 5.32 Å². The zero-order valence-electron chi connectivity index (χ0n) is 12.3. The van der Waals surface area contributed by atoms with Gasteiger partial charge in [0.05, 0.1) is 5.54 Å². The molecule has 1 aliphatic heterocycles. The molecule has 3 rings (SSSR count). The first-order valence-corrected chi connectivity index (χ1v) is 7.81. The number of carbonyl (C=O) groups is 1. The summed E-state index contributed by atoms with van der Waals surface area (Å²) >= 11 is 0. The predicted octanol–water partition coefficient (Wildman–Crippen LogP) is 2.74. The van der Waals surface area contributed by atoms with E-state index in [-0.39, 0.29) is 11.4 Å². The minimum Gasteiger partial charge on any atom is -0.330 e. The van der Waals surface area contributed by atoms with Crippen LogP contribution in [0.15, 0.2) is 24.3 Å². The van der Waals surface area contributed by atoms with E-state index in [1.807, 2.05) is 31.2 Å². The van der Waals surface area contributed by atoms with E-state index in [0.717, 1.165) is 43.6 Å². The van der Waals surface area contributed by atoms with Gasteiger partial charge in [-0.1, -0.05) is 37.5 Å². The van der Waals surface area contributed by atoms with Gasteiger partial charge in [0, 0.05) is 25.2 Å². The van der Waals surface area contributed by atoms with Crippen molar-refractivity contribution in [3.8, 4) is 0 Å². The molecule has 1 N–H and O–H groups in total. The van der Waals surface area contributed by atoms with E-state index in [4.69, 9.17) is 0 Å². The minimum atomic E-state index is 0.0653. The summed E-state index contributed by atoms with van der Waals surface area (Å²) in [5, 5.41) is 3.50. The van der Waals surface area contributed by atoms with Gasteiger partial charge >= 0.3 is 0 Å². The first-order chi connectivity index (χ1) is 9.73. The van der Waals surface area contributed by atoms with Crippen LogP contribution in [-0.2, 0) is 0 Å². The van der Waals surface area contributed by atoms with Crippen LogP contribution in [0.4, 0.5) is 0 Å². The Morgan fingerprint density at radius 2 is 1.95 bits per heavy atom. The van der Waals surface area contributed by atoms with E-state index in [2.05, 4.69) is 10.2 Å². The summed E-state index contributed by atoms with van der Waals surface area (Å²) in [7, 11) is 0. The monoisotopic (exact) mass is 272 g/mol. The fourth-order valence-corrected chi connectivity index (χ4v) is 3.78. The van der Waals surface area contributed by atoms with Gasteiger partial charge in [0.2, 0.25) is 0 Å². The van der Waals surface area contributed by atoms with Crippen LogP contribution in [-0.4, -0.2) is 36.0 Å². The van der Waals surface area contributed by atoms with Gasteiger partial charge in [-0.05, 0) is 31.4 Å². The van der Waals surface area contributed by atoms with Crippen molar-refractivity contribution in [2.24, 2.45) is 0 Å². The molecule has 2 fully saturated rings. The van der Waals surface area contributed by atoms with E-state index in [0.29, 0.717) is 0 Å². The number of amides is 1. The highest BCUT2D eigenvalue weighted by Gasteiger charge is 2.42. The quantitative estimate of drug-likeness (QED) is 0.852. The summed E-state index contributed by atoms with van der Waals surface area (Å²) in [6, 6.07) is 7.97. The fourth-order valence-electron chi connectivity index (χ4n) is 3.78. The van der Waals surface area contributed by atoms with E-state index < -0.39 is 0 Å². The minimum absolute atomic E-state index is 0.0653. The molecule has 1 heterocycles. The van der Waals surface area contributed by atoms with Gasteiger partial charge in [-0.15, -0.1) is 0 Å². The summed E-state index contributed by atoms with van der Waals surface area (Å²) in [5.74, 6) is 0.228. The van der Waals surface area contributed by atoms with E-state index in [1.54, 1.807) is 0 Å². The zero-order valence-corrected chi connectivity index (χ0v) is 12.3. The second kappa shape index (κ2) is 5.57. The lowest BCUT2D eigenvalue weighted by Gasteiger charge is -2.50. The van der Waals surface area contributed by atoms with Gasteiger partial charge in [0.1, 0.15) is 0 Å². The zero-order chi connectivity index (χ0) is 14.0. The van der Waals surface area contributed by atoms with E-state index in [1.165, 1.54) is 19.3 Å². The molecule has 0 aromatic heterocycles. The highest BCUT2D eigenvalue weighted by Crippen LogP contribution is 2.35. The maximum absolute atomic E-state index is 13.0. The molecule has 2 aliphatic rings. The van der Waals surface area contributed by atoms with Crippen molar-refractivity contribution in [3.05, 3.63) is 35.4 Å². The maximum Gasteiger partial charge on any atom is 0.254 e. The van der Waals surface area contributed by atoms with Crippen LogP contribution in [0.3, 0.4) is 0 Å². The number of carbonyl (C=O) groups excluding carboxylic acids is 1. The molecule has 0 atom stereocenters. The molecule has 1 amide bonds. The molecule has 1 saturated heterocycles. The molecule has 20 heavy (non-hydrogen) atoms. The van der Waals surface area contributed by atoms with Crippen molar-refractivity contribution < 1.29 is 4.79 Å². The lowest BCUT2D eigenvalue weighted by molar-refractivity contribution is 0.0222. The molecular formula is C17H24N2O. The smallest absolute Gasteiger partial charge is 0.254 e. The van der Waals surface area contributed by atoms with Crippen LogP contribution in [0.1, 0.15) is 48.0 Å². The molecule has 3 nitrogen and oxygen atoms in total. The van der Waals surface area contributed by atoms with Crippen LogP contribution in [0.25, 0.3) is 0 Å². The first-order valence-electron chi connectivity index (χ1n) is 7.81. The fraction of sp³-hybridized carbons (Fsp3) is 0.588. The van der Waals surface area contributed by atoms with Gasteiger partial charge in [0.25, 0.3) is 5.91 Å². The summed E-state index contributed by atoms with van der Waals surface area (Å²) in [6.45, 7) is 4.75. The van der Waals surface area contributed by atoms with Crippen LogP contribution in [0.5, 0.6) is 0 Å². The Hall–Kier alpha value is -1.35. The standard InChI is InChI=1S/C17H24N2O/c1-14-7-3-4-8-15(14)16(20)19-12-11-18-13-17(19)9-5-2-6-10-17/h3-4,7-8,18H,2,5-6,9-13H2,1H3. The van der Waals surface area contributed by atoms with E-state index in [9.17, 15) is 4.79 Å². The third-order valence-corrected chi connectivity index (χ3v) is 4.94. The number of hydrogen-bond acceptors (Lipinski definition) is 2. The Morgan fingerprint density at radius 1 is 1.20 bits per heavy atom. The van der Waals surface area contributed by atoms with Gasteiger partial charge in [-0.2, -0.15) is 0 Å². The molecule has 1 saturated carbocycles. The highest BCUT2D eigenvalue weighted by molar-refractivity contribution is 5.96. The number of piperazine rings is 1. The Morgan fingerprint density at radius 3 is 2.70 bits per heavy atom. The van der Waals surface area contributed by atoms with Crippen molar-refractivity contribution in [3.63, 3.8) is 0 Å².